The fraction of sp³-hybridized carbons (Fsp3) is 0.375. The van der Waals surface area contributed by atoms with E-state index in [2.05, 4.69) is 4.90 Å². The van der Waals surface area contributed by atoms with Crippen molar-refractivity contribution in [1.82, 2.24) is 9.21 Å². The zero-order valence-electron chi connectivity index (χ0n) is 14.1. The van der Waals surface area contributed by atoms with Gasteiger partial charge in [-0.05, 0) is 24.6 Å². The third kappa shape index (κ3) is 3.91. The molecule has 0 spiro atoms. The van der Waals surface area contributed by atoms with Crippen LogP contribution >= 0.6 is 22.9 Å². The van der Waals surface area contributed by atoms with E-state index < -0.39 is 10.0 Å². The molecule has 7 nitrogen and oxygen atoms in total. The van der Waals surface area contributed by atoms with E-state index in [9.17, 15) is 18.5 Å². The molecule has 0 aliphatic carbocycles. The Kier molecular flexibility index (Phi) is 5.64. The van der Waals surface area contributed by atoms with Crippen molar-refractivity contribution in [2.24, 2.45) is 0 Å². The highest BCUT2D eigenvalue weighted by molar-refractivity contribution is 7.91. The molecule has 1 aromatic carbocycles. The average molecular weight is 416 g/mol. The largest absolute Gasteiger partial charge is 0.296 e. The molecule has 0 atom stereocenters. The third-order valence-electron chi connectivity index (χ3n) is 4.48. The molecule has 2 heterocycles. The van der Waals surface area contributed by atoms with Crippen LogP contribution in [0, 0.1) is 17.0 Å². The number of thiophene rings is 1. The number of rotatable bonds is 5. The average Bonchev–Trinajstić information content (AvgIpc) is 3.04. The van der Waals surface area contributed by atoms with Gasteiger partial charge in [0.25, 0.3) is 15.7 Å². The Balaban J connectivity index is 1.66. The first-order valence-electron chi connectivity index (χ1n) is 8.00. The van der Waals surface area contributed by atoms with Crippen molar-refractivity contribution in [3.8, 4) is 0 Å². The van der Waals surface area contributed by atoms with E-state index in [1.54, 1.807) is 19.1 Å². The maximum atomic E-state index is 12.6. The summed E-state index contributed by atoms with van der Waals surface area (Å²) >= 11 is 6.90. The highest BCUT2D eigenvalue weighted by atomic mass is 35.5. The summed E-state index contributed by atoms with van der Waals surface area (Å²) in [6, 6.07) is 8.16. The van der Waals surface area contributed by atoms with Gasteiger partial charge < -0.3 is 0 Å². The normalized spacial score (nSPS) is 16.7. The second kappa shape index (κ2) is 7.61. The lowest BCUT2D eigenvalue weighted by Gasteiger charge is -2.33. The standard InChI is InChI=1S/C16H18ClN3O4S2/c1-12-13(3-2-4-14(12)20(21)22)11-18-7-9-19(10-8-18)26(23,24)16-6-5-15(17)25-16/h2-6H,7-11H2,1H3. The number of hydrogen-bond acceptors (Lipinski definition) is 6. The van der Waals surface area contributed by atoms with Crippen LogP contribution in [0.3, 0.4) is 0 Å². The van der Waals surface area contributed by atoms with E-state index in [4.69, 9.17) is 11.6 Å². The fourth-order valence-corrected chi connectivity index (χ4v) is 6.03. The van der Waals surface area contributed by atoms with Crippen LogP contribution in [0.25, 0.3) is 0 Å². The maximum absolute atomic E-state index is 12.6. The molecule has 1 aromatic heterocycles. The predicted octanol–water partition coefficient (Wildman–Crippen LogP) is 3.12. The van der Waals surface area contributed by atoms with Crippen LogP contribution in [0.15, 0.2) is 34.5 Å². The highest BCUT2D eigenvalue weighted by Gasteiger charge is 2.30. The van der Waals surface area contributed by atoms with Crippen LogP contribution in [0.1, 0.15) is 11.1 Å². The van der Waals surface area contributed by atoms with Crippen molar-refractivity contribution in [3.63, 3.8) is 0 Å². The predicted molar refractivity (Wildman–Crippen MR) is 101 cm³/mol. The van der Waals surface area contributed by atoms with Crippen LogP contribution < -0.4 is 0 Å². The van der Waals surface area contributed by atoms with Gasteiger partial charge in [-0.2, -0.15) is 4.31 Å². The first kappa shape index (κ1) is 19.2. The quantitative estimate of drug-likeness (QED) is 0.553. The summed E-state index contributed by atoms with van der Waals surface area (Å²) in [7, 11) is -3.51. The smallest absolute Gasteiger partial charge is 0.272 e. The van der Waals surface area contributed by atoms with Crippen LogP contribution in [0.5, 0.6) is 0 Å². The Hall–Kier alpha value is -1.52. The van der Waals surface area contributed by atoms with Gasteiger partial charge in [-0.15, -0.1) is 11.3 Å². The van der Waals surface area contributed by atoms with Crippen LogP contribution in [0.2, 0.25) is 4.34 Å². The van der Waals surface area contributed by atoms with Gasteiger partial charge in [0.15, 0.2) is 0 Å². The van der Waals surface area contributed by atoms with E-state index in [0.717, 1.165) is 16.9 Å². The summed E-state index contributed by atoms with van der Waals surface area (Å²) in [6.07, 6.45) is 0. The Labute approximate surface area is 161 Å². The summed E-state index contributed by atoms with van der Waals surface area (Å²) in [6.45, 7) is 4.21. The third-order valence-corrected chi connectivity index (χ3v) is 8.08. The fourth-order valence-electron chi connectivity index (χ4n) is 2.97. The molecule has 0 amide bonds. The topological polar surface area (TPSA) is 83.8 Å². The molecule has 1 aliphatic heterocycles. The number of nitro groups is 1. The van der Waals surface area contributed by atoms with Crippen LogP contribution in [-0.4, -0.2) is 48.7 Å². The molecular weight excluding hydrogens is 398 g/mol. The van der Waals surface area contributed by atoms with Gasteiger partial charge in [0.2, 0.25) is 0 Å². The number of nitro benzene ring substituents is 1. The maximum Gasteiger partial charge on any atom is 0.272 e. The summed E-state index contributed by atoms with van der Waals surface area (Å²) in [5, 5.41) is 11.1. The summed E-state index contributed by atoms with van der Waals surface area (Å²) < 4.78 is 27.4. The molecule has 3 rings (SSSR count). The Morgan fingerprint density at radius 3 is 2.46 bits per heavy atom. The first-order valence-corrected chi connectivity index (χ1v) is 10.6. The molecule has 26 heavy (non-hydrogen) atoms. The number of sulfonamides is 1. The molecule has 0 unspecified atom stereocenters. The van der Waals surface area contributed by atoms with Crippen molar-refractivity contribution < 1.29 is 13.3 Å². The molecular formula is C16H18ClN3O4S2. The summed E-state index contributed by atoms with van der Waals surface area (Å²) in [5.74, 6) is 0. The van der Waals surface area contributed by atoms with Gasteiger partial charge in [0, 0.05) is 44.4 Å². The van der Waals surface area contributed by atoms with Crippen molar-refractivity contribution in [2.45, 2.75) is 17.7 Å². The second-order valence-electron chi connectivity index (χ2n) is 6.06. The molecule has 1 fully saturated rings. The van der Waals surface area contributed by atoms with E-state index in [1.807, 2.05) is 6.07 Å². The lowest BCUT2D eigenvalue weighted by Crippen LogP contribution is -2.48. The molecule has 1 saturated heterocycles. The molecule has 140 valence electrons. The van der Waals surface area contributed by atoms with Gasteiger partial charge in [0.1, 0.15) is 4.21 Å². The molecule has 2 aromatic rings. The monoisotopic (exact) mass is 415 g/mol. The lowest BCUT2D eigenvalue weighted by atomic mass is 10.1. The molecule has 0 bridgehead atoms. The number of nitrogens with zero attached hydrogens (tertiary/aromatic N) is 3. The minimum atomic E-state index is -3.51. The zero-order chi connectivity index (χ0) is 18.9. The molecule has 10 heteroatoms. The molecule has 0 saturated carbocycles. The second-order valence-corrected chi connectivity index (χ2v) is 9.94. The summed E-state index contributed by atoms with van der Waals surface area (Å²) in [5.41, 5.74) is 1.65. The number of hydrogen-bond donors (Lipinski definition) is 0. The first-order chi connectivity index (χ1) is 12.3. The molecule has 0 radical (unpaired) electrons. The SMILES string of the molecule is Cc1c(CN2CCN(S(=O)(=O)c3ccc(Cl)s3)CC2)cccc1[N+](=O)[O-]. The van der Waals surface area contributed by atoms with Crippen LogP contribution in [0.4, 0.5) is 5.69 Å². The van der Waals surface area contributed by atoms with Crippen molar-refractivity contribution >= 4 is 38.6 Å². The van der Waals surface area contributed by atoms with Crippen molar-refractivity contribution in [2.75, 3.05) is 26.2 Å². The van der Waals surface area contributed by atoms with Crippen molar-refractivity contribution in [1.29, 1.82) is 0 Å². The van der Waals surface area contributed by atoms with Gasteiger partial charge in [0.05, 0.1) is 9.26 Å². The molecule has 1 aliphatic rings. The van der Waals surface area contributed by atoms with E-state index in [-0.39, 0.29) is 14.8 Å². The van der Waals surface area contributed by atoms with Crippen LogP contribution in [-0.2, 0) is 16.6 Å². The van der Waals surface area contributed by atoms with Crippen molar-refractivity contribution in [3.05, 3.63) is 55.9 Å². The number of benzene rings is 1. The minimum absolute atomic E-state index is 0.110. The Bertz CT molecular complexity index is 921. The minimum Gasteiger partial charge on any atom is -0.296 e. The van der Waals surface area contributed by atoms with Gasteiger partial charge >= 0.3 is 0 Å². The van der Waals surface area contributed by atoms with E-state index >= 15 is 0 Å². The number of halogens is 1. The lowest BCUT2D eigenvalue weighted by molar-refractivity contribution is -0.385. The van der Waals surface area contributed by atoms with Gasteiger partial charge in [-0.1, -0.05) is 23.7 Å². The highest BCUT2D eigenvalue weighted by Crippen LogP contribution is 2.29. The zero-order valence-corrected chi connectivity index (χ0v) is 16.5. The number of piperazine rings is 1. The molecule has 0 N–H and O–H groups in total. The van der Waals surface area contributed by atoms with Gasteiger partial charge in [-0.3, -0.25) is 15.0 Å². The van der Waals surface area contributed by atoms with E-state index in [0.29, 0.717) is 42.6 Å². The Morgan fingerprint density at radius 2 is 1.88 bits per heavy atom. The van der Waals surface area contributed by atoms with Gasteiger partial charge in [-0.25, -0.2) is 8.42 Å². The summed E-state index contributed by atoms with van der Waals surface area (Å²) in [4.78, 5) is 12.8. The Morgan fingerprint density at radius 1 is 1.19 bits per heavy atom. The van der Waals surface area contributed by atoms with E-state index in [1.165, 1.54) is 16.4 Å².